The van der Waals surface area contributed by atoms with E-state index in [0.29, 0.717) is 6.61 Å². The average molecular weight is 288 g/mol. The highest BCUT2D eigenvalue weighted by atomic mass is 16.5. The standard InChI is InChI=1S/C21H20O/c1-3-22-19-15-14-16(2)20(17-10-6-4-7-11-17)21(19)18-12-8-5-9-13-18/h4-15H,3H2,1-2H3. The number of rotatable bonds is 4. The molecule has 0 atom stereocenters. The van der Waals surface area contributed by atoms with E-state index in [2.05, 4.69) is 67.6 Å². The molecule has 22 heavy (non-hydrogen) atoms. The van der Waals surface area contributed by atoms with Crippen molar-refractivity contribution in [3.8, 4) is 28.0 Å². The molecule has 0 bridgehead atoms. The monoisotopic (exact) mass is 288 g/mol. The molecule has 3 rings (SSSR count). The molecule has 0 aliphatic rings. The fourth-order valence-corrected chi connectivity index (χ4v) is 2.83. The van der Waals surface area contributed by atoms with Crippen molar-refractivity contribution in [1.82, 2.24) is 0 Å². The van der Waals surface area contributed by atoms with Crippen molar-refractivity contribution < 1.29 is 4.74 Å². The Bertz CT molecular complexity index is 746. The maximum atomic E-state index is 5.91. The first kappa shape index (κ1) is 14.4. The number of hydrogen-bond acceptors (Lipinski definition) is 1. The van der Waals surface area contributed by atoms with Crippen molar-refractivity contribution in [3.05, 3.63) is 78.4 Å². The molecule has 110 valence electrons. The molecule has 0 unspecified atom stereocenters. The largest absolute Gasteiger partial charge is 0.493 e. The summed E-state index contributed by atoms with van der Waals surface area (Å²) < 4.78 is 5.91. The molecule has 0 N–H and O–H groups in total. The van der Waals surface area contributed by atoms with Crippen molar-refractivity contribution in [2.45, 2.75) is 13.8 Å². The fraction of sp³-hybridized carbons (Fsp3) is 0.143. The quantitative estimate of drug-likeness (QED) is 0.596. The minimum atomic E-state index is 0.664. The lowest BCUT2D eigenvalue weighted by Crippen LogP contribution is -1.97. The molecule has 0 radical (unpaired) electrons. The SMILES string of the molecule is CCOc1ccc(C)c(-c2ccccc2)c1-c1ccccc1. The summed E-state index contributed by atoms with van der Waals surface area (Å²) in [5.41, 5.74) is 6.09. The molecule has 0 aliphatic heterocycles. The molecule has 0 saturated heterocycles. The van der Waals surface area contributed by atoms with Gasteiger partial charge in [0.25, 0.3) is 0 Å². The van der Waals surface area contributed by atoms with Crippen molar-refractivity contribution in [3.63, 3.8) is 0 Å². The third kappa shape index (κ3) is 2.75. The van der Waals surface area contributed by atoms with Crippen molar-refractivity contribution in [1.29, 1.82) is 0 Å². The molecule has 0 aromatic heterocycles. The van der Waals surface area contributed by atoms with Crippen LogP contribution < -0.4 is 4.74 Å². The Morgan fingerprint density at radius 2 is 1.23 bits per heavy atom. The topological polar surface area (TPSA) is 9.23 Å². The van der Waals surface area contributed by atoms with Gasteiger partial charge in [-0.2, -0.15) is 0 Å². The fourth-order valence-electron chi connectivity index (χ4n) is 2.83. The van der Waals surface area contributed by atoms with Crippen LogP contribution in [0.5, 0.6) is 5.75 Å². The van der Waals surface area contributed by atoms with Gasteiger partial charge >= 0.3 is 0 Å². The van der Waals surface area contributed by atoms with Crippen LogP contribution in [0, 0.1) is 6.92 Å². The second kappa shape index (κ2) is 6.48. The Balaban J connectivity index is 2.30. The molecule has 0 amide bonds. The number of hydrogen-bond donors (Lipinski definition) is 0. The van der Waals surface area contributed by atoms with Gasteiger partial charge in [0.15, 0.2) is 0 Å². The minimum Gasteiger partial charge on any atom is -0.493 e. The molecule has 1 nitrogen and oxygen atoms in total. The van der Waals surface area contributed by atoms with Gasteiger partial charge in [-0.3, -0.25) is 0 Å². The van der Waals surface area contributed by atoms with Gasteiger partial charge in [0.1, 0.15) is 5.75 Å². The van der Waals surface area contributed by atoms with Crippen LogP contribution in [0.25, 0.3) is 22.3 Å². The van der Waals surface area contributed by atoms with E-state index >= 15 is 0 Å². The molecule has 3 aromatic rings. The molecule has 0 fully saturated rings. The number of benzene rings is 3. The second-order valence-corrected chi connectivity index (χ2v) is 5.30. The molecule has 0 spiro atoms. The smallest absolute Gasteiger partial charge is 0.127 e. The second-order valence-electron chi connectivity index (χ2n) is 5.30. The van der Waals surface area contributed by atoms with Crippen LogP contribution in [-0.4, -0.2) is 6.61 Å². The molecule has 1 heteroatoms. The molecule has 3 aromatic carbocycles. The zero-order chi connectivity index (χ0) is 15.4. The minimum absolute atomic E-state index is 0.664. The number of aryl methyl sites for hydroxylation is 1. The van der Waals surface area contributed by atoms with Crippen LogP contribution in [0.3, 0.4) is 0 Å². The number of ether oxygens (including phenoxy) is 1. The molecule has 0 heterocycles. The summed E-state index contributed by atoms with van der Waals surface area (Å²) in [6.45, 7) is 4.85. The Hall–Kier alpha value is -2.54. The van der Waals surface area contributed by atoms with E-state index < -0.39 is 0 Å². The average Bonchev–Trinajstić information content (AvgIpc) is 2.58. The Kier molecular flexibility index (Phi) is 4.24. The van der Waals surface area contributed by atoms with Gasteiger partial charge in [-0.25, -0.2) is 0 Å². The Labute approximate surface area is 132 Å². The molecular formula is C21H20O. The predicted molar refractivity (Wildman–Crippen MR) is 93.2 cm³/mol. The van der Waals surface area contributed by atoms with Crippen LogP contribution in [0.2, 0.25) is 0 Å². The Morgan fingerprint density at radius 3 is 1.77 bits per heavy atom. The molecular weight excluding hydrogens is 268 g/mol. The summed E-state index contributed by atoms with van der Waals surface area (Å²) in [7, 11) is 0. The van der Waals surface area contributed by atoms with Crippen LogP contribution in [-0.2, 0) is 0 Å². The highest BCUT2D eigenvalue weighted by molar-refractivity contribution is 5.89. The maximum Gasteiger partial charge on any atom is 0.127 e. The van der Waals surface area contributed by atoms with Gasteiger partial charge in [-0.05, 0) is 42.2 Å². The van der Waals surface area contributed by atoms with Crippen LogP contribution >= 0.6 is 0 Å². The first-order chi connectivity index (χ1) is 10.8. The third-order valence-electron chi connectivity index (χ3n) is 3.80. The Morgan fingerprint density at radius 1 is 0.682 bits per heavy atom. The summed E-state index contributed by atoms with van der Waals surface area (Å²) >= 11 is 0. The van der Waals surface area contributed by atoms with Crippen LogP contribution in [0.4, 0.5) is 0 Å². The summed E-state index contributed by atoms with van der Waals surface area (Å²) in [5.74, 6) is 0.943. The van der Waals surface area contributed by atoms with Gasteiger partial charge < -0.3 is 4.74 Å². The first-order valence-electron chi connectivity index (χ1n) is 7.68. The van der Waals surface area contributed by atoms with Gasteiger partial charge in [-0.15, -0.1) is 0 Å². The van der Waals surface area contributed by atoms with Crippen molar-refractivity contribution >= 4 is 0 Å². The van der Waals surface area contributed by atoms with Gasteiger partial charge in [0, 0.05) is 5.56 Å². The zero-order valence-electron chi connectivity index (χ0n) is 13.0. The highest BCUT2D eigenvalue weighted by Crippen LogP contribution is 2.41. The van der Waals surface area contributed by atoms with Crippen LogP contribution in [0.1, 0.15) is 12.5 Å². The summed E-state index contributed by atoms with van der Waals surface area (Å²) in [6.07, 6.45) is 0. The van der Waals surface area contributed by atoms with E-state index in [-0.39, 0.29) is 0 Å². The van der Waals surface area contributed by atoms with Gasteiger partial charge in [-0.1, -0.05) is 66.7 Å². The molecule has 0 aliphatic carbocycles. The van der Waals surface area contributed by atoms with Gasteiger partial charge in [0.05, 0.1) is 6.61 Å². The maximum absolute atomic E-state index is 5.91. The van der Waals surface area contributed by atoms with Crippen molar-refractivity contribution in [2.75, 3.05) is 6.61 Å². The summed E-state index contributed by atoms with van der Waals surface area (Å²) in [4.78, 5) is 0. The normalized spacial score (nSPS) is 10.5. The summed E-state index contributed by atoms with van der Waals surface area (Å²) in [6, 6.07) is 25.2. The molecule has 0 saturated carbocycles. The van der Waals surface area contributed by atoms with E-state index in [1.807, 2.05) is 19.1 Å². The van der Waals surface area contributed by atoms with Crippen LogP contribution in [0.15, 0.2) is 72.8 Å². The van der Waals surface area contributed by atoms with E-state index in [1.165, 1.54) is 27.8 Å². The van der Waals surface area contributed by atoms with E-state index in [0.717, 1.165) is 5.75 Å². The van der Waals surface area contributed by atoms with E-state index in [1.54, 1.807) is 0 Å². The summed E-state index contributed by atoms with van der Waals surface area (Å²) in [5, 5.41) is 0. The zero-order valence-corrected chi connectivity index (χ0v) is 13.0. The van der Waals surface area contributed by atoms with Gasteiger partial charge in [0.2, 0.25) is 0 Å². The highest BCUT2D eigenvalue weighted by Gasteiger charge is 2.15. The van der Waals surface area contributed by atoms with E-state index in [9.17, 15) is 0 Å². The van der Waals surface area contributed by atoms with Crippen molar-refractivity contribution in [2.24, 2.45) is 0 Å². The van der Waals surface area contributed by atoms with E-state index in [4.69, 9.17) is 4.74 Å². The lowest BCUT2D eigenvalue weighted by Gasteiger charge is -2.18. The third-order valence-corrected chi connectivity index (χ3v) is 3.80. The lowest BCUT2D eigenvalue weighted by atomic mass is 9.90. The first-order valence-corrected chi connectivity index (χ1v) is 7.68. The predicted octanol–water partition coefficient (Wildman–Crippen LogP) is 5.73. The lowest BCUT2D eigenvalue weighted by molar-refractivity contribution is 0.341.